The number of carbonyl (C=O) groups excluding carboxylic acids is 1. The Morgan fingerprint density at radius 1 is 1.32 bits per heavy atom. The lowest BCUT2D eigenvalue weighted by Gasteiger charge is -2.30. The molecule has 1 heterocycles. The number of aliphatic imine (C=N–C) groups is 1. The van der Waals surface area contributed by atoms with Crippen molar-refractivity contribution in [1.29, 1.82) is 0 Å². The molecule has 2 N–H and O–H groups in total. The van der Waals surface area contributed by atoms with Crippen molar-refractivity contribution in [2.45, 2.75) is 39.2 Å². The molecule has 0 unspecified atom stereocenters. The van der Waals surface area contributed by atoms with Crippen LogP contribution >= 0.6 is 0 Å². The van der Waals surface area contributed by atoms with Gasteiger partial charge in [-0.1, -0.05) is 18.2 Å². The van der Waals surface area contributed by atoms with Crippen molar-refractivity contribution in [2.75, 3.05) is 25.0 Å². The van der Waals surface area contributed by atoms with Crippen LogP contribution < -0.4 is 15.5 Å². The molecule has 5 nitrogen and oxygen atoms in total. The van der Waals surface area contributed by atoms with Crippen molar-refractivity contribution in [3.63, 3.8) is 0 Å². The van der Waals surface area contributed by atoms with Gasteiger partial charge in [-0.05, 0) is 45.2 Å². The SMILES string of the molecule is CN=C(NCC(=O)N1CCCc2ccccc21)NC(C)(C)C. The molecule has 0 fully saturated rings. The van der Waals surface area contributed by atoms with Gasteiger partial charge in [-0.15, -0.1) is 0 Å². The van der Waals surface area contributed by atoms with Gasteiger partial charge in [0.1, 0.15) is 0 Å². The number of hydrogen-bond acceptors (Lipinski definition) is 2. The minimum absolute atomic E-state index is 0.0732. The number of aryl methyl sites for hydroxylation is 1. The third-order valence-electron chi connectivity index (χ3n) is 3.54. The van der Waals surface area contributed by atoms with Crippen molar-refractivity contribution >= 4 is 17.6 Å². The summed E-state index contributed by atoms with van der Waals surface area (Å²) in [6.45, 7) is 7.20. The summed E-state index contributed by atoms with van der Waals surface area (Å²) < 4.78 is 0. The van der Waals surface area contributed by atoms with E-state index in [1.807, 2.05) is 23.1 Å². The summed E-state index contributed by atoms with van der Waals surface area (Å²) >= 11 is 0. The molecule has 1 aromatic carbocycles. The van der Waals surface area contributed by atoms with Gasteiger partial charge in [-0.25, -0.2) is 0 Å². The zero-order valence-corrected chi connectivity index (χ0v) is 13.9. The van der Waals surface area contributed by atoms with E-state index in [-0.39, 0.29) is 18.0 Å². The van der Waals surface area contributed by atoms with Crippen LogP contribution in [0.5, 0.6) is 0 Å². The first-order valence-electron chi connectivity index (χ1n) is 7.78. The Morgan fingerprint density at radius 3 is 2.73 bits per heavy atom. The molecule has 1 aliphatic heterocycles. The van der Waals surface area contributed by atoms with Crippen LogP contribution in [0.3, 0.4) is 0 Å². The van der Waals surface area contributed by atoms with Gasteiger partial charge in [0.15, 0.2) is 5.96 Å². The van der Waals surface area contributed by atoms with E-state index in [2.05, 4.69) is 42.5 Å². The zero-order chi connectivity index (χ0) is 16.2. The quantitative estimate of drug-likeness (QED) is 0.648. The van der Waals surface area contributed by atoms with E-state index in [0.29, 0.717) is 5.96 Å². The number of nitrogens with zero attached hydrogens (tertiary/aromatic N) is 2. The summed E-state index contributed by atoms with van der Waals surface area (Å²) in [7, 11) is 1.71. The van der Waals surface area contributed by atoms with Gasteiger partial charge in [0.2, 0.25) is 5.91 Å². The summed E-state index contributed by atoms with van der Waals surface area (Å²) in [6.07, 6.45) is 2.05. The van der Waals surface area contributed by atoms with E-state index in [4.69, 9.17) is 0 Å². The van der Waals surface area contributed by atoms with Gasteiger partial charge >= 0.3 is 0 Å². The van der Waals surface area contributed by atoms with Gasteiger partial charge in [-0.3, -0.25) is 9.79 Å². The summed E-state index contributed by atoms with van der Waals surface area (Å²) in [5.41, 5.74) is 2.20. The summed E-state index contributed by atoms with van der Waals surface area (Å²) in [5.74, 6) is 0.718. The predicted octanol–water partition coefficient (Wildman–Crippen LogP) is 1.93. The zero-order valence-electron chi connectivity index (χ0n) is 13.9. The molecule has 0 saturated heterocycles. The molecule has 0 saturated carbocycles. The largest absolute Gasteiger partial charge is 0.352 e. The summed E-state index contributed by atoms with van der Waals surface area (Å²) in [6, 6.07) is 8.13. The van der Waals surface area contributed by atoms with Crippen LogP contribution in [0, 0.1) is 0 Å². The highest BCUT2D eigenvalue weighted by molar-refractivity contribution is 5.98. The van der Waals surface area contributed by atoms with E-state index in [0.717, 1.165) is 25.1 Å². The minimum Gasteiger partial charge on any atom is -0.352 e. The lowest BCUT2D eigenvalue weighted by Crippen LogP contribution is -2.50. The number of rotatable bonds is 2. The fraction of sp³-hybridized carbons (Fsp3) is 0.529. The van der Waals surface area contributed by atoms with E-state index < -0.39 is 0 Å². The molecule has 0 spiro atoms. The first-order chi connectivity index (χ1) is 10.4. The Morgan fingerprint density at radius 2 is 2.05 bits per heavy atom. The summed E-state index contributed by atoms with van der Waals surface area (Å²) in [5, 5.41) is 6.35. The molecule has 0 bridgehead atoms. The normalized spacial score (nSPS) is 15.3. The molecule has 1 aromatic rings. The average molecular weight is 302 g/mol. The molecule has 2 rings (SSSR count). The molecular weight excluding hydrogens is 276 g/mol. The van der Waals surface area contributed by atoms with Crippen LogP contribution in [0.4, 0.5) is 5.69 Å². The van der Waals surface area contributed by atoms with Crippen molar-refractivity contribution in [3.8, 4) is 0 Å². The highest BCUT2D eigenvalue weighted by atomic mass is 16.2. The van der Waals surface area contributed by atoms with E-state index in [1.54, 1.807) is 7.05 Å². The number of nitrogens with one attached hydrogen (secondary N) is 2. The number of amides is 1. The highest BCUT2D eigenvalue weighted by Crippen LogP contribution is 2.26. The molecule has 0 aromatic heterocycles. The van der Waals surface area contributed by atoms with Crippen molar-refractivity contribution in [2.24, 2.45) is 4.99 Å². The number of anilines is 1. The van der Waals surface area contributed by atoms with Gasteiger partial charge in [-0.2, -0.15) is 0 Å². The van der Waals surface area contributed by atoms with Crippen LogP contribution in [0.15, 0.2) is 29.3 Å². The fourth-order valence-electron chi connectivity index (χ4n) is 2.58. The molecule has 5 heteroatoms. The lowest BCUT2D eigenvalue weighted by molar-refractivity contribution is -0.117. The maximum atomic E-state index is 12.5. The van der Waals surface area contributed by atoms with E-state index >= 15 is 0 Å². The number of guanidine groups is 1. The van der Waals surface area contributed by atoms with Gasteiger partial charge in [0, 0.05) is 24.8 Å². The van der Waals surface area contributed by atoms with E-state index in [1.165, 1.54) is 5.56 Å². The second kappa shape index (κ2) is 6.81. The molecule has 0 aliphatic carbocycles. The molecule has 22 heavy (non-hydrogen) atoms. The predicted molar refractivity (Wildman–Crippen MR) is 91.4 cm³/mol. The second-order valence-electron chi connectivity index (χ2n) is 6.58. The Balaban J connectivity index is 1.99. The average Bonchev–Trinajstić information content (AvgIpc) is 2.49. The summed E-state index contributed by atoms with van der Waals surface area (Å²) in [4.78, 5) is 18.6. The highest BCUT2D eigenvalue weighted by Gasteiger charge is 2.22. The van der Waals surface area contributed by atoms with Gasteiger partial charge in [0.25, 0.3) is 0 Å². The Bertz CT molecular complexity index is 560. The van der Waals surface area contributed by atoms with Gasteiger partial charge < -0.3 is 15.5 Å². The number of carbonyl (C=O) groups is 1. The molecule has 1 amide bonds. The van der Waals surface area contributed by atoms with E-state index in [9.17, 15) is 4.79 Å². The van der Waals surface area contributed by atoms with Crippen LogP contribution in [-0.2, 0) is 11.2 Å². The maximum Gasteiger partial charge on any atom is 0.246 e. The Kier molecular flexibility index (Phi) is 5.06. The molecule has 0 radical (unpaired) electrons. The van der Waals surface area contributed by atoms with Crippen LogP contribution in [-0.4, -0.2) is 37.5 Å². The smallest absolute Gasteiger partial charge is 0.246 e. The van der Waals surface area contributed by atoms with Crippen molar-refractivity contribution < 1.29 is 4.79 Å². The van der Waals surface area contributed by atoms with Crippen LogP contribution in [0.1, 0.15) is 32.8 Å². The maximum absolute atomic E-state index is 12.5. The number of fused-ring (bicyclic) bond motifs is 1. The lowest BCUT2D eigenvalue weighted by atomic mass is 10.0. The van der Waals surface area contributed by atoms with Crippen LogP contribution in [0.25, 0.3) is 0 Å². The molecule has 120 valence electrons. The number of para-hydroxylation sites is 1. The third kappa shape index (κ3) is 4.23. The number of benzene rings is 1. The van der Waals surface area contributed by atoms with Crippen molar-refractivity contribution in [3.05, 3.63) is 29.8 Å². The molecule has 0 atom stereocenters. The standard InChI is InChI=1S/C17H26N4O/c1-17(2,3)20-16(18-4)19-12-15(22)21-11-7-9-13-8-5-6-10-14(13)21/h5-6,8,10H,7,9,11-12H2,1-4H3,(H2,18,19,20). The molecule has 1 aliphatic rings. The Labute approximate surface area is 132 Å². The topological polar surface area (TPSA) is 56.7 Å². The third-order valence-corrected chi connectivity index (χ3v) is 3.54. The fourth-order valence-corrected chi connectivity index (χ4v) is 2.58. The monoisotopic (exact) mass is 302 g/mol. The molecular formula is C17H26N4O. The van der Waals surface area contributed by atoms with Crippen LogP contribution in [0.2, 0.25) is 0 Å². The number of hydrogen-bond donors (Lipinski definition) is 2. The first kappa shape index (κ1) is 16.3. The second-order valence-corrected chi connectivity index (χ2v) is 6.58. The Hall–Kier alpha value is -2.04. The minimum atomic E-state index is -0.0946. The first-order valence-corrected chi connectivity index (χ1v) is 7.78. The van der Waals surface area contributed by atoms with Gasteiger partial charge in [0.05, 0.1) is 6.54 Å². The van der Waals surface area contributed by atoms with Crippen molar-refractivity contribution in [1.82, 2.24) is 10.6 Å².